The highest BCUT2D eigenvalue weighted by Gasteiger charge is 2.01. The summed E-state index contributed by atoms with van der Waals surface area (Å²) < 4.78 is 0. The van der Waals surface area contributed by atoms with Gasteiger partial charge in [-0.1, -0.05) is 31.2 Å². The number of carbonyl (C=O) groups is 1. The molecule has 0 aromatic heterocycles. The van der Waals surface area contributed by atoms with E-state index in [1.54, 1.807) is 6.07 Å². The monoisotopic (exact) mass is 199 g/mol. The molecule has 0 saturated heterocycles. The smallest absolute Gasteiger partial charge is 0.248 e. The molecule has 2 nitrogen and oxygen atoms in total. The van der Waals surface area contributed by atoms with Gasteiger partial charge in [0.1, 0.15) is 0 Å². The predicted molar refractivity (Wildman–Crippen MR) is 61.8 cm³/mol. The maximum absolute atomic E-state index is 11.0. The van der Waals surface area contributed by atoms with Crippen molar-refractivity contribution in [3.8, 4) is 0 Å². The van der Waals surface area contributed by atoms with E-state index >= 15 is 0 Å². The first-order valence-electron chi connectivity index (χ1n) is 5.03. The second-order valence-electron chi connectivity index (χ2n) is 3.61. The molecule has 2 N–H and O–H groups in total. The Labute approximate surface area is 88.7 Å². The molecule has 2 heteroatoms. The molecule has 0 aliphatic carbocycles. The van der Waals surface area contributed by atoms with Crippen LogP contribution in [0.5, 0.6) is 0 Å². The minimum absolute atomic E-state index is 0.378. The van der Waals surface area contributed by atoms with Gasteiger partial charge in [-0.3, -0.25) is 4.79 Å². The molecule has 0 atom stereocenters. The molecule has 0 spiro atoms. The summed E-state index contributed by atoms with van der Waals surface area (Å²) in [5, 5.41) is 2.21. The molecule has 2 aromatic rings. The molecule has 0 radical (unpaired) electrons. The quantitative estimate of drug-likeness (QED) is 0.793. The zero-order chi connectivity index (χ0) is 10.8. The number of fused-ring (bicyclic) bond motifs is 1. The topological polar surface area (TPSA) is 43.1 Å². The van der Waals surface area contributed by atoms with Crippen LogP contribution in [-0.4, -0.2) is 5.91 Å². The van der Waals surface area contributed by atoms with E-state index in [0.29, 0.717) is 5.56 Å². The highest BCUT2D eigenvalue weighted by atomic mass is 16.1. The molecule has 1 amide bonds. The van der Waals surface area contributed by atoms with Crippen LogP contribution in [0, 0.1) is 0 Å². The van der Waals surface area contributed by atoms with Crippen LogP contribution in [0.15, 0.2) is 36.4 Å². The predicted octanol–water partition coefficient (Wildman–Crippen LogP) is 2.50. The first-order valence-corrected chi connectivity index (χ1v) is 5.03. The van der Waals surface area contributed by atoms with Crippen LogP contribution in [0.2, 0.25) is 0 Å². The first kappa shape index (κ1) is 9.71. The fourth-order valence-corrected chi connectivity index (χ4v) is 1.67. The van der Waals surface area contributed by atoms with Crippen LogP contribution in [0.3, 0.4) is 0 Å². The molecule has 0 fully saturated rings. The van der Waals surface area contributed by atoms with Crippen molar-refractivity contribution in [2.75, 3.05) is 0 Å². The van der Waals surface area contributed by atoms with Gasteiger partial charge in [0, 0.05) is 5.56 Å². The lowest BCUT2D eigenvalue weighted by molar-refractivity contribution is 0.100. The minimum Gasteiger partial charge on any atom is -0.366 e. The summed E-state index contributed by atoms with van der Waals surface area (Å²) in [7, 11) is 0. The number of carbonyl (C=O) groups excluding carboxylic acids is 1. The highest BCUT2D eigenvalue weighted by molar-refractivity contribution is 5.97. The van der Waals surface area contributed by atoms with Crippen molar-refractivity contribution >= 4 is 16.7 Å². The molecule has 0 aliphatic rings. The lowest BCUT2D eigenvalue weighted by Gasteiger charge is -2.02. The average molecular weight is 199 g/mol. The number of benzene rings is 2. The summed E-state index contributed by atoms with van der Waals surface area (Å²) in [5.41, 5.74) is 7.08. The van der Waals surface area contributed by atoms with Gasteiger partial charge in [-0.2, -0.15) is 0 Å². The molecule has 0 saturated carbocycles. The zero-order valence-corrected chi connectivity index (χ0v) is 8.66. The number of hydrogen-bond donors (Lipinski definition) is 1. The molecule has 15 heavy (non-hydrogen) atoms. The fraction of sp³-hybridized carbons (Fsp3) is 0.154. The third kappa shape index (κ3) is 1.84. The molecule has 0 bridgehead atoms. The van der Waals surface area contributed by atoms with Crippen molar-refractivity contribution in [3.63, 3.8) is 0 Å². The number of aryl methyl sites for hydroxylation is 1. The Morgan fingerprint density at radius 2 is 1.80 bits per heavy atom. The van der Waals surface area contributed by atoms with Crippen molar-refractivity contribution in [1.29, 1.82) is 0 Å². The molecule has 0 heterocycles. The molecular weight excluding hydrogens is 186 g/mol. The van der Waals surface area contributed by atoms with Crippen LogP contribution in [-0.2, 0) is 6.42 Å². The summed E-state index contributed by atoms with van der Waals surface area (Å²) >= 11 is 0. The van der Waals surface area contributed by atoms with E-state index in [4.69, 9.17) is 5.73 Å². The Balaban J connectivity index is 2.59. The lowest BCUT2D eigenvalue weighted by atomic mass is 10.0. The normalized spacial score (nSPS) is 10.5. The number of hydrogen-bond acceptors (Lipinski definition) is 1. The van der Waals surface area contributed by atoms with Gasteiger partial charge in [0.15, 0.2) is 0 Å². The van der Waals surface area contributed by atoms with Gasteiger partial charge in [0.05, 0.1) is 0 Å². The Kier molecular flexibility index (Phi) is 2.42. The van der Waals surface area contributed by atoms with Gasteiger partial charge in [-0.15, -0.1) is 0 Å². The SMILES string of the molecule is CCc1ccc2cc(C(N)=O)ccc2c1. The zero-order valence-electron chi connectivity index (χ0n) is 8.66. The van der Waals surface area contributed by atoms with Crippen LogP contribution < -0.4 is 5.73 Å². The van der Waals surface area contributed by atoms with Gasteiger partial charge in [-0.25, -0.2) is 0 Å². The van der Waals surface area contributed by atoms with E-state index in [2.05, 4.69) is 19.1 Å². The Hall–Kier alpha value is -1.83. The van der Waals surface area contributed by atoms with Crippen molar-refractivity contribution < 1.29 is 4.79 Å². The number of primary amides is 1. The van der Waals surface area contributed by atoms with Crippen LogP contribution >= 0.6 is 0 Å². The largest absolute Gasteiger partial charge is 0.366 e. The lowest BCUT2D eigenvalue weighted by Crippen LogP contribution is -2.10. The summed E-state index contributed by atoms with van der Waals surface area (Å²) in [5.74, 6) is -0.378. The summed E-state index contributed by atoms with van der Waals surface area (Å²) in [6.45, 7) is 2.12. The Bertz CT molecular complexity index is 517. The van der Waals surface area contributed by atoms with Gasteiger partial charge < -0.3 is 5.73 Å². The van der Waals surface area contributed by atoms with E-state index in [0.717, 1.165) is 17.2 Å². The van der Waals surface area contributed by atoms with Crippen LogP contribution in [0.4, 0.5) is 0 Å². The van der Waals surface area contributed by atoms with Crippen molar-refractivity contribution in [1.82, 2.24) is 0 Å². The van der Waals surface area contributed by atoms with Crippen LogP contribution in [0.25, 0.3) is 10.8 Å². The van der Waals surface area contributed by atoms with Gasteiger partial charge in [0.2, 0.25) is 5.91 Å². The van der Waals surface area contributed by atoms with E-state index in [-0.39, 0.29) is 5.91 Å². The third-order valence-electron chi connectivity index (χ3n) is 2.60. The number of nitrogens with two attached hydrogens (primary N) is 1. The summed E-state index contributed by atoms with van der Waals surface area (Å²) in [4.78, 5) is 11.0. The van der Waals surface area contributed by atoms with E-state index < -0.39 is 0 Å². The fourth-order valence-electron chi connectivity index (χ4n) is 1.67. The van der Waals surface area contributed by atoms with E-state index in [9.17, 15) is 4.79 Å². The number of rotatable bonds is 2. The third-order valence-corrected chi connectivity index (χ3v) is 2.60. The highest BCUT2D eigenvalue weighted by Crippen LogP contribution is 2.18. The molecule has 0 unspecified atom stereocenters. The summed E-state index contributed by atoms with van der Waals surface area (Å²) in [6, 6.07) is 11.8. The molecule has 76 valence electrons. The molecular formula is C13H13NO. The van der Waals surface area contributed by atoms with Crippen molar-refractivity contribution in [3.05, 3.63) is 47.5 Å². The molecule has 2 rings (SSSR count). The Morgan fingerprint density at radius 3 is 2.47 bits per heavy atom. The maximum atomic E-state index is 11.0. The van der Waals surface area contributed by atoms with Crippen molar-refractivity contribution in [2.24, 2.45) is 5.73 Å². The second-order valence-corrected chi connectivity index (χ2v) is 3.61. The minimum atomic E-state index is -0.378. The maximum Gasteiger partial charge on any atom is 0.248 e. The Morgan fingerprint density at radius 1 is 1.13 bits per heavy atom. The number of amides is 1. The van der Waals surface area contributed by atoms with Crippen molar-refractivity contribution in [2.45, 2.75) is 13.3 Å². The summed E-state index contributed by atoms with van der Waals surface area (Å²) in [6.07, 6.45) is 1.02. The van der Waals surface area contributed by atoms with Gasteiger partial charge in [0.25, 0.3) is 0 Å². The van der Waals surface area contributed by atoms with Gasteiger partial charge in [-0.05, 0) is 34.9 Å². The van der Waals surface area contributed by atoms with E-state index in [1.165, 1.54) is 5.56 Å². The standard InChI is InChI=1S/C13H13NO/c1-2-9-3-4-11-8-12(13(14)15)6-5-10(11)7-9/h3-8H,2H2,1H3,(H2,14,15). The average Bonchev–Trinajstić information content (AvgIpc) is 2.27. The van der Waals surface area contributed by atoms with Gasteiger partial charge >= 0.3 is 0 Å². The molecule has 0 aliphatic heterocycles. The van der Waals surface area contributed by atoms with Crippen LogP contribution in [0.1, 0.15) is 22.8 Å². The first-order chi connectivity index (χ1) is 7.20. The second kappa shape index (κ2) is 3.73. The van der Waals surface area contributed by atoms with E-state index in [1.807, 2.05) is 18.2 Å². The molecule has 2 aromatic carbocycles.